The van der Waals surface area contributed by atoms with E-state index in [1.807, 2.05) is 0 Å². The molecule has 0 aliphatic heterocycles. The van der Waals surface area contributed by atoms with E-state index < -0.39 is 5.97 Å². The fourth-order valence-electron chi connectivity index (χ4n) is 1.69. The molecule has 7 heteroatoms. The van der Waals surface area contributed by atoms with Gasteiger partial charge < -0.3 is 15.4 Å². The third-order valence-corrected chi connectivity index (χ3v) is 2.95. The summed E-state index contributed by atoms with van der Waals surface area (Å²) in [4.78, 5) is 24.9. The van der Waals surface area contributed by atoms with Gasteiger partial charge >= 0.3 is 5.97 Å². The maximum Gasteiger partial charge on any atom is 0.360 e. The molecule has 0 radical (unpaired) electrons. The van der Waals surface area contributed by atoms with Gasteiger partial charge in [0.1, 0.15) is 6.54 Å². The van der Waals surface area contributed by atoms with Crippen molar-refractivity contribution < 1.29 is 14.3 Å². The fourth-order valence-corrected chi connectivity index (χ4v) is 1.69. The van der Waals surface area contributed by atoms with E-state index in [-0.39, 0.29) is 23.8 Å². The molecule has 0 aromatic carbocycles. The molecule has 1 fully saturated rings. The highest BCUT2D eigenvalue weighted by Crippen LogP contribution is 2.25. The van der Waals surface area contributed by atoms with E-state index in [1.165, 1.54) is 18.0 Å². The second-order valence-corrected chi connectivity index (χ2v) is 4.36. The number of nitrogens with two attached hydrogens (primary N) is 1. The van der Waals surface area contributed by atoms with Crippen LogP contribution in [0.4, 0.5) is 5.69 Å². The van der Waals surface area contributed by atoms with Gasteiger partial charge in [0.15, 0.2) is 5.69 Å². The molecule has 2 rings (SSSR count). The Bertz CT molecular complexity index is 479. The first kappa shape index (κ1) is 12.4. The van der Waals surface area contributed by atoms with Crippen LogP contribution < -0.4 is 5.73 Å². The van der Waals surface area contributed by atoms with Crippen molar-refractivity contribution in [2.24, 2.45) is 0 Å². The number of hydrogen-bond acceptors (Lipinski definition) is 5. The summed E-state index contributed by atoms with van der Waals surface area (Å²) in [7, 11) is 3.03. The van der Waals surface area contributed by atoms with Gasteiger partial charge in [-0.2, -0.15) is 5.10 Å². The minimum Gasteiger partial charge on any atom is -0.464 e. The molecule has 0 atom stereocenters. The molecule has 0 saturated heterocycles. The van der Waals surface area contributed by atoms with Crippen molar-refractivity contribution in [3.05, 3.63) is 11.9 Å². The predicted molar refractivity (Wildman–Crippen MR) is 63.8 cm³/mol. The number of nitrogen functional groups attached to an aromatic ring is 1. The lowest BCUT2D eigenvalue weighted by molar-refractivity contribution is -0.131. The number of carbonyl (C=O) groups is 2. The van der Waals surface area contributed by atoms with Crippen LogP contribution in [0.1, 0.15) is 23.3 Å². The van der Waals surface area contributed by atoms with Crippen molar-refractivity contribution in [2.75, 3.05) is 19.9 Å². The molecule has 1 aliphatic rings. The summed E-state index contributed by atoms with van der Waals surface area (Å²) in [5.74, 6) is -0.648. The molecule has 1 amide bonds. The Labute approximate surface area is 104 Å². The molecule has 0 spiro atoms. The number of likely N-dealkylation sites (N-methyl/N-ethyl adjacent to an activating group) is 1. The number of amides is 1. The van der Waals surface area contributed by atoms with Gasteiger partial charge in [0.2, 0.25) is 5.91 Å². The minimum absolute atomic E-state index is 0.0411. The van der Waals surface area contributed by atoms with Gasteiger partial charge in [0.25, 0.3) is 0 Å². The van der Waals surface area contributed by atoms with Crippen LogP contribution in [0.25, 0.3) is 0 Å². The molecule has 1 aliphatic carbocycles. The molecule has 1 aromatic rings. The van der Waals surface area contributed by atoms with Gasteiger partial charge in [-0.1, -0.05) is 0 Å². The molecule has 1 saturated carbocycles. The number of nitrogens with zero attached hydrogens (tertiary/aromatic N) is 3. The van der Waals surface area contributed by atoms with Crippen molar-refractivity contribution in [1.82, 2.24) is 14.7 Å². The Hall–Kier alpha value is -2.05. The standard InChI is InChI=1S/C11H16N4O3/c1-14(7-3-4-7)9(16)6-15-5-8(12)10(13-15)11(17)18-2/h5,7H,3-4,6,12H2,1-2H3. The fraction of sp³-hybridized carbons (Fsp3) is 0.545. The van der Waals surface area contributed by atoms with Gasteiger partial charge in [0.05, 0.1) is 12.8 Å². The van der Waals surface area contributed by atoms with Crippen LogP contribution in [0.5, 0.6) is 0 Å². The molecule has 0 bridgehead atoms. The average Bonchev–Trinajstić information content (AvgIpc) is 3.12. The highest BCUT2D eigenvalue weighted by molar-refractivity contribution is 5.92. The van der Waals surface area contributed by atoms with Crippen LogP contribution in [0.3, 0.4) is 0 Å². The summed E-state index contributed by atoms with van der Waals surface area (Å²) < 4.78 is 5.90. The highest BCUT2D eigenvalue weighted by atomic mass is 16.5. The van der Waals surface area contributed by atoms with Crippen molar-refractivity contribution in [2.45, 2.75) is 25.4 Å². The van der Waals surface area contributed by atoms with E-state index in [0.29, 0.717) is 6.04 Å². The number of methoxy groups -OCH3 is 1. The number of anilines is 1. The normalized spacial score (nSPS) is 14.3. The van der Waals surface area contributed by atoms with Gasteiger partial charge in [0, 0.05) is 19.3 Å². The van der Waals surface area contributed by atoms with Crippen LogP contribution in [0, 0.1) is 0 Å². The molecule has 2 N–H and O–H groups in total. The van der Waals surface area contributed by atoms with Crippen molar-refractivity contribution in [3.63, 3.8) is 0 Å². The second kappa shape index (κ2) is 4.67. The molecule has 18 heavy (non-hydrogen) atoms. The number of hydrogen-bond donors (Lipinski definition) is 1. The Morgan fingerprint density at radius 1 is 1.61 bits per heavy atom. The lowest BCUT2D eigenvalue weighted by Crippen LogP contribution is -2.32. The molecular weight excluding hydrogens is 236 g/mol. The maximum atomic E-state index is 11.9. The summed E-state index contributed by atoms with van der Waals surface area (Å²) in [6.45, 7) is 0.0776. The Balaban J connectivity index is 2.05. The summed E-state index contributed by atoms with van der Waals surface area (Å²) >= 11 is 0. The van der Waals surface area contributed by atoms with E-state index in [4.69, 9.17) is 5.73 Å². The van der Waals surface area contributed by atoms with E-state index >= 15 is 0 Å². The Morgan fingerprint density at radius 2 is 2.28 bits per heavy atom. The summed E-state index contributed by atoms with van der Waals surface area (Å²) in [6, 6.07) is 0.352. The molecule has 1 aromatic heterocycles. The quantitative estimate of drug-likeness (QED) is 0.754. The van der Waals surface area contributed by atoms with Crippen molar-refractivity contribution >= 4 is 17.6 Å². The van der Waals surface area contributed by atoms with Gasteiger partial charge in [-0.25, -0.2) is 4.79 Å². The number of carbonyl (C=O) groups excluding carboxylic acids is 2. The third-order valence-electron chi connectivity index (χ3n) is 2.95. The van der Waals surface area contributed by atoms with E-state index in [9.17, 15) is 9.59 Å². The maximum absolute atomic E-state index is 11.9. The third kappa shape index (κ3) is 2.44. The van der Waals surface area contributed by atoms with Crippen LogP contribution in [0.2, 0.25) is 0 Å². The van der Waals surface area contributed by atoms with Crippen molar-refractivity contribution in [1.29, 1.82) is 0 Å². The van der Waals surface area contributed by atoms with Crippen molar-refractivity contribution in [3.8, 4) is 0 Å². The predicted octanol–water partition coefficient (Wildman–Crippen LogP) is -0.127. The van der Waals surface area contributed by atoms with Crippen LogP contribution in [-0.4, -0.2) is 46.8 Å². The lowest BCUT2D eigenvalue weighted by atomic mass is 10.4. The summed E-state index contributed by atoms with van der Waals surface area (Å²) in [5, 5.41) is 3.95. The second-order valence-electron chi connectivity index (χ2n) is 4.36. The first-order chi connectivity index (χ1) is 8.52. The summed E-state index contributed by atoms with van der Waals surface area (Å²) in [5.41, 5.74) is 5.89. The monoisotopic (exact) mass is 252 g/mol. The van der Waals surface area contributed by atoms with E-state index in [1.54, 1.807) is 11.9 Å². The highest BCUT2D eigenvalue weighted by Gasteiger charge is 2.29. The number of ether oxygens (including phenoxy) is 1. The molecular formula is C11H16N4O3. The average molecular weight is 252 g/mol. The SMILES string of the molecule is COC(=O)c1nn(CC(=O)N(C)C2CC2)cc1N. The Kier molecular flexibility index (Phi) is 3.22. The zero-order valence-corrected chi connectivity index (χ0v) is 10.4. The molecule has 1 heterocycles. The number of aromatic nitrogens is 2. The molecule has 98 valence electrons. The van der Waals surface area contributed by atoms with Gasteiger partial charge in [-0.15, -0.1) is 0 Å². The van der Waals surface area contributed by atoms with E-state index in [2.05, 4.69) is 9.84 Å². The topological polar surface area (TPSA) is 90.4 Å². The molecule has 7 nitrogen and oxygen atoms in total. The zero-order valence-electron chi connectivity index (χ0n) is 10.4. The van der Waals surface area contributed by atoms with E-state index in [0.717, 1.165) is 12.8 Å². The summed E-state index contributed by atoms with van der Waals surface area (Å²) in [6.07, 6.45) is 3.57. The first-order valence-corrected chi connectivity index (χ1v) is 5.70. The lowest BCUT2D eigenvalue weighted by Gasteiger charge is -2.15. The largest absolute Gasteiger partial charge is 0.464 e. The Morgan fingerprint density at radius 3 is 2.83 bits per heavy atom. The zero-order chi connectivity index (χ0) is 13.3. The first-order valence-electron chi connectivity index (χ1n) is 5.70. The smallest absolute Gasteiger partial charge is 0.360 e. The minimum atomic E-state index is -0.603. The van der Waals surface area contributed by atoms with Gasteiger partial charge in [-0.3, -0.25) is 9.48 Å². The van der Waals surface area contributed by atoms with Crippen LogP contribution in [-0.2, 0) is 16.1 Å². The molecule has 0 unspecified atom stereocenters. The number of rotatable bonds is 4. The van der Waals surface area contributed by atoms with Crippen LogP contribution in [0.15, 0.2) is 6.20 Å². The van der Waals surface area contributed by atoms with Crippen LogP contribution >= 0.6 is 0 Å². The van der Waals surface area contributed by atoms with Gasteiger partial charge in [-0.05, 0) is 12.8 Å². The number of esters is 1.